The van der Waals surface area contributed by atoms with Crippen molar-refractivity contribution >= 4 is 0 Å². The average Bonchev–Trinajstić information content (AvgIpc) is 2.45. The third kappa shape index (κ3) is 2.07. The van der Waals surface area contributed by atoms with Crippen LogP contribution in [0, 0.1) is 5.41 Å². The largest absolute Gasteiger partial charge is 0.314 e. The molecule has 1 unspecified atom stereocenters. The molecule has 0 aromatic rings. The molecule has 0 aromatic heterocycles. The Balaban J connectivity index is 2.14. The van der Waals surface area contributed by atoms with Gasteiger partial charge in [-0.1, -0.05) is 20.3 Å². The third-order valence-corrected chi connectivity index (χ3v) is 4.44. The summed E-state index contributed by atoms with van der Waals surface area (Å²) in [7, 11) is 0. The van der Waals surface area contributed by atoms with Crippen molar-refractivity contribution in [3.05, 3.63) is 0 Å². The SMILES string of the molecule is CC1(C)CCCC1N1CCNCC1(C)C. The summed E-state index contributed by atoms with van der Waals surface area (Å²) in [5, 5.41) is 3.51. The van der Waals surface area contributed by atoms with Crippen LogP contribution in [0.5, 0.6) is 0 Å². The maximum atomic E-state index is 3.51. The summed E-state index contributed by atoms with van der Waals surface area (Å²) in [5.74, 6) is 0. The summed E-state index contributed by atoms with van der Waals surface area (Å²) < 4.78 is 0. The Morgan fingerprint density at radius 3 is 2.47 bits per heavy atom. The second-order valence-electron chi connectivity index (χ2n) is 6.58. The van der Waals surface area contributed by atoms with E-state index in [9.17, 15) is 0 Å². The number of rotatable bonds is 1. The van der Waals surface area contributed by atoms with Crippen molar-refractivity contribution in [2.24, 2.45) is 5.41 Å². The summed E-state index contributed by atoms with van der Waals surface area (Å²) >= 11 is 0. The molecule has 0 amide bonds. The molecule has 0 spiro atoms. The first kappa shape index (κ1) is 11.4. The molecule has 1 saturated heterocycles. The van der Waals surface area contributed by atoms with Crippen molar-refractivity contribution in [2.45, 2.75) is 58.5 Å². The number of nitrogens with one attached hydrogen (secondary N) is 1. The molecule has 2 rings (SSSR count). The van der Waals surface area contributed by atoms with Crippen molar-refractivity contribution in [2.75, 3.05) is 19.6 Å². The van der Waals surface area contributed by atoms with Crippen molar-refractivity contribution in [1.29, 1.82) is 0 Å². The molecule has 0 radical (unpaired) electrons. The van der Waals surface area contributed by atoms with Gasteiger partial charge in [0.2, 0.25) is 0 Å². The second kappa shape index (κ2) is 3.74. The average molecular weight is 210 g/mol. The lowest BCUT2D eigenvalue weighted by Gasteiger charge is -2.50. The first-order chi connectivity index (χ1) is 6.93. The summed E-state index contributed by atoms with van der Waals surface area (Å²) in [6.07, 6.45) is 4.21. The minimum Gasteiger partial charge on any atom is -0.314 e. The summed E-state index contributed by atoms with van der Waals surface area (Å²) in [4.78, 5) is 2.76. The van der Waals surface area contributed by atoms with E-state index >= 15 is 0 Å². The molecule has 0 bridgehead atoms. The Morgan fingerprint density at radius 2 is 1.93 bits per heavy atom. The van der Waals surface area contributed by atoms with Crippen LogP contribution in [0.2, 0.25) is 0 Å². The lowest BCUT2D eigenvalue weighted by molar-refractivity contribution is 0.00517. The molecule has 2 heteroatoms. The lowest BCUT2D eigenvalue weighted by Crippen LogP contribution is -2.62. The Hall–Kier alpha value is -0.0800. The van der Waals surface area contributed by atoms with Crippen LogP contribution in [0.15, 0.2) is 0 Å². The van der Waals surface area contributed by atoms with Crippen LogP contribution in [0.4, 0.5) is 0 Å². The fourth-order valence-corrected chi connectivity index (χ4v) is 3.46. The van der Waals surface area contributed by atoms with Gasteiger partial charge in [-0.25, -0.2) is 0 Å². The van der Waals surface area contributed by atoms with E-state index in [-0.39, 0.29) is 0 Å². The van der Waals surface area contributed by atoms with Gasteiger partial charge in [-0.15, -0.1) is 0 Å². The van der Waals surface area contributed by atoms with Crippen LogP contribution in [-0.4, -0.2) is 36.1 Å². The molecule has 1 aliphatic carbocycles. The molecule has 1 atom stereocenters. The second-order valence-corrected chi connectivity index (χ2v) is 6.58. The van der Waals surface area contributed by atoms with Gasteiger partial charge in [-0.3, -0.25) is 4.90 Å². The number of piperazine rings is 1. The van der Waals surface area contributed by atoms with Gasteiger partial charge in [0.15, 0.2) is 0 Å². The van der Waals surface area contributed by atoms with E-state index in [2.05, 4.69) is 37.9 Å². The van der Waals surface area contributed by atoms with Crippen LogP contribution in [0.25, 0.3) is 0 Å². The molecule has 88 valence electrons. The van der Waals surface area contributed by atoms with E-state index in [0.29, 0.717) is 11.0 Å². The van der Waals surface area contributed by atoms with Crippen LogP contribution in [0.3, 0.4) is 0 Å². The van der Waals surface area contributed by atoms with Crippen LogP contribution in [0.1, 0.15) is 47.0 Å². The maximum absolute atomic E-state index is 3.51. The molecule has 2 aliphatic rings. The lowest BCUT2D eigenvalue weighted by atomic mass is 9.83. The number of hydrogen-bond donors (Lipinski definition) is 1. The standard InChI is InChI=1S/C13H26N2/c1-12(2)7-5-6-11(12)15-9-8-14-10-13(15,3)4/h11,14H,5-10H2,1-4H3. The Labute approximate surface area is 94.4 Å². The van der Waals surface area contributed by atoms with Crippen molar-refractivity contribution in [3.8, 4) is 0 Å². The zero-order valence-corrected chi connectivity index (χ0v) is 10.8. The van der Waals surface area contributed by atoms with Gasteiger partial charge < -0.3 is 5.32 Å². The molecule has 2 nitrogen and oxygen atoms in total. The minimum atomic E-state index is 0.338. The smallest absolute Gasteiger partial charge is 0.0281 e. The molecular formula is C13H26N2. The van der Waals surface area contributed by atoms with Crippen molar-refractivity contribution < 1.29 is 0 Å². The van der Waals surface area contributed by atoms with Gasteiger partial charge in [0.05, 0.1) is 0 Å². The highest BCUT2D eigenvalue weighted by Crippen LogP contribution is 2.42. The highest BCUT2D eigenvalue weighted by Gasteiger charge is 2.44. The Morgan fingerprint density at radius 1 is 1.20 bits per heavy atom. The topological polar surface area (TPSA) is 15.3 Å². The summed E-state index contributed by atoms with van der Waals surface area (Å²) in [6.45, 7) is 13.2. The third-order valence-electron chi connectivity index (χ3n) is 4.44. The molecule has 1 saturated carbocycles. The monoisotopic (exact) mass is 210 g/mol. The normalized spacial score (nSPS) is 35.6. The summed E-state index contributed by atoms with van der Waals surface area (Å²) in [5.41, 5.74) is 0.860. The van der Waals surface area contributed by atoms with E-state index in [1.165, 1.54) is 25.8 Å². The minimum absolute atomic E-state index is 0.338. The van der Waals surface area contributed by atoms with E-state index < -0.39 is 0 Å². The number of nitrogens with zero attached hydrogens (tertiary/aromatic N) is 1. The first-order valence-electron chi connectivity index (χ1n) is 6.41. The molecular weight excluding hydrogens is 184 g/mol. The van der Waals surface area contributed by atoms with Gasteiger partial charge in [0.1, 0.15) is 0 Å². The van der Waals surface area contributed by atoms with Gasteiger partial charge >= 0.3 is 0 Å². The van der Waals surface area contributed by atoms with Crippen LogP contribution in [-0.2, 0) is 0 Å². The highest BCUT2D eigenvalue weighted by molar-refractivity contribution is 4.99. The van der Waals surface area contributed by atoms with Gasteiger partial charge in [0, 0.05) is 31.2 Å². The molecule has 15 heavy (non-hydrogen) atoms. The highest BCUT2D eigenvalue weighted by atomic mass is 15.3. The Bertz CT molecular complexity index is 233. The predicted molar refractivity (Wildman–Crippen MR) is 65.1 cm³/mol. The van der Waals surface area contributed by atoms with Crippen molar-refractivity contribution in [1.82, 2.24) is 10.2 Å². The number of hydrogen-bond acceptors (Lipinski definition) is 2. The quantitative estimate of drug-likeness (QED) is 0.714. The maximum Gasteiger partial charge on any atom is 0.0281 e. The van der Waals surface area contributed by atoms with E-state index in [1.54, 1.807) is 0 Å². The van der Waals surface area contributed by atoms with Gasteiger partial charge in [0.25, 0.3) is 0 Å². The van der Waals surface area contributed by atoms with E-state index in [0.717, 1.165) is 19.1 Å². The summed E-state index contributed by atoms with van der Waals surface area (Å²) in [6, 6.07) is 0.801. The zero-order valence-electron chi connectivity index (χ0n) is 10.8. The molecule has 1 N–H and O–H groups in total. The molecule has 2 fully saturated rings. The molecule has 1 aliphatic heterocycles. The molecule has 1 heterocycles. The van der Waals surface area contributed by atoms with Crippen LogP contribution < -0.4 is 5.32 Å². The van der Waals surface area contributed by atoms with E-state index in [4.69, 9.17) is 0 Å². The van der Waals surface area contributed by atoms with Gasteiger partial charge in [-0.05, 0) is 32.1 Å². The van der Waals surface area contributed by atoms with Crippen molar-refractivity contribution in [3.63, 3.8) is 0 Å². The first-order valence-corrected chi connectivity index (χ1v) is 6.41. The predicted octanol–water partition coefficient (Wildman–Crippen LogP) is 2.25. The van der Waals surface area contributed by atoms with Crippen LogP contribution >= 0.6 is 0 Å². The van der Waals surface area contributed by atoms with Gasteiger partial charge in [-0.2, -0.15) is 0 Å². The molecule has 0 aromatic carbocycles. The Kier molecular flexibility index (Phi) is 2.85. The zero-order chi connectivity index (χ0) is 11.1. The van der Waals surface area contributed by atoms with E-state index in [1.807, 2.05) is 0 Å². The fourth-order valence-electron chi connectivity index (χ4n) is 3.46. The fraction of sp³-hybridized carbons (Fsp3) is 1.00.